The van der Waals surface area contributed by atoms with Crippen LogP contribution < -0.4 is 14.8 Å². The number of fused-ring (bicyclic) bond motifs is 2. The Bertz CT molecular complexity index is 625. The fraction of sp³-hybridized carbons (Fsp3) is 0.471. The Kier molecular flexibility index (Phi) is 4.13. The van der Waals surface area contributed by atoms with Crippen LogP contribution >= 0.6 is 0 Å². The number of rotatable bonds is 6. The number of anilines is 1. The fourth-order valence-corrected chi connectivity index (χ4v) is 2.59. The number of pyridine rings is 1. The van der Waals surface area contributed by atoms with Gasteiger partial charge in [-0.2, -0.15) is 0 Å². The van der Waals surface area contributed by atoms with Crippen LogP contribution in [-0.2, 0) is 0 Å². The minimum Gasteiger partial charge on any atom is -0.454 e. The first-order valence-electron chi connectivity index (χ1n) is 7.66. The molecule has 1 N–H and O–H groups in total. The van der Waals surface area contributed by atoms with Gasteiger partial charge in [0.2, 0.25) is 6.79 Å². The van der Waals surface area contributed by atoms with Gasteiger partial charge < -0.3 is 14.8 Å². The molecule has 4 heteroatoms. The number of benzene rings is 1. The number of nitrogens with zero attached hydrogens (tertiary/aromatic N) is 1. The van der Waals surface area contributed by atoms with E-state index in [1.165, 1.54) is 19.3 Å². The number of unbranched alkanes of at least 4 members (excludes halogenated alkanes) is 1. The molecule has 0 bridgehead atoms. The summed E-state index contributed by atoms with van der Waals surface area (Å²) in [6, 6.07) is 6.03. The van der Waals surface area contributed by atoms with Crippen molar-refractivity contribution in [1.29, 1.82) is 0 Å². The Hall–Kier alpha value is -1.97. The monoisotopic (exact) mass is 286 g/mol. The molecule has 0 atom stereocenters. The van der Waals surface area contributed by atoms with Crippen LogP contribution in [0.4, 0.5) is 5.82 Å². The normalized spacial score (nSPS) is 13.1. The molecule has 1 aromatic heterocycles. The lowest BCUT2D eigenvalue weighted by molar-refractivity contribution is 0.174. The van der Waals surface area contributed by atoms with Gasteiger partial charge >= 0.3 is 0 Å². The van der Waals surface area contributed by atoms with Crippen molar-refractivity contribution in [3.63, 3.8) is 0 Å². The molecule has 4 nitrogen and oxygen atoms in total. The predicted molar refractivity (Wildman–Crippen MR) is 85.0 cm³/mol. The molecule has 0 radical (unpaired) electrons. The molecular weight excluding hydrogens is 264 g/mol. The van der Waals surface area contributed by atoms with Crippen molar-refractivity contribution in [2.24, 2.45) is 5.92 Å². The molecule has 21 heavy (non-hydrogen) atoms. The molecule has 1 aliphatic rings. The van der Waals surface area contributed by atoms with E-state index in [2.05, 4.69) is 24.1 Å². The lowest BCUT2D eigenvalue weighted by Gasteiger charge is -2.10. The third-order valence-corrected chi connectivity index (χ3v) is 3.76. The summed E-state index contributed by atoms with van der Waals surface area (Å²) in [6.45, 7) is 5.79. The smallest absolute Gasteiger partial charge is 0.231 e. The molecule has 112 valence electrons. The Morgan fingerprint density at radius 2 is 2.00 bits per heavy atom. The predicted octanol–water partition coefficient (Wildman–Crippen LogP) is 4.20. The van der Waals surface area contributed by atoms with E-state index in [0.717, 1.165) is 40.6 Å². The number of hydrogen-bond acceptors (Lipinski definition) is 4. The highest BCUT2D eigenvalue weighted by Gasteiger charge is 2.15. The molecule has 0 saturated carbocycles. The Morgan fingerprint density at radius 3 is 2.81 bits per heavy atom. The van der Waals surface area contributed by atoms with E-state index in [4.69, 9.17) is 9.47 Å². The van der Waals surface area contributed by atoms with Gasteiger partial charge in [0, 0.05) is 18.1 Å². The minimum absolute atomic E-state index is 0.303. The zero-order valence-electron chi connectivity index (χ0n) is 12.7. The quantitative estimate of drug-likeness (QED) is 0.808. The van der Waals surface area contributed by atoms with Crippen LogP contribution in [0.2, 0.25) is 0 Å². The summed E-state index contributed by atoms with van der Waals surface area (Å²) in [7, 11) is 0. The zero-order chi connectivity index (χ0) is 14.7. The third-order valence-electron chi connectivity index (χ3n) is 3.76. The standard InChI is InChI=1S/C17H22N2O2/c1-12(2)5-3-4-7-18-17-14-10-16-15(20-11-21-16)9-13(14)6-8-19-17/h6,8-10,12H,3-5,7,11H2,1-2H3,(H,18,19). The van der Waals surface area contributed by atoms with Crippen molar-refractivity contribution < 1.29 is 9.47 Å². The highest BCUT2D eigenvalue weighted by molar-refractivity contribution is 5.94. The van der Waals surface area contributed by atoms with Gasteiger partial charge in [-0.05, 0) is 35.9 Å². The van der Waals surface area contributed by atoms with Crippen molar-refractivity contribution in [2.45, 2.75) is 33.1 Å². The van der Waals surface area contributed by atoms with E-state index in [0.29, 0.717) is 6.79 Å². The Balaban J connectivity index is 1.70. The number of ether oxygens (including phenoxy) is 2. The van der Waals surface area contributed by atoms with Crippen LogP contribution in [0, 0.1) is 5.92 Å². The molecule has 0 saturated heterocycles. The van der Waals surface area contributed by atoms with Crippen LogP contribution in [-0.4, -0.2) is 18.3 Å². The van der Waals surface area contributed by atoms with E-state index >= 15 is 0 Å². The maximum atomic E-state index is 5.45. The Morgan fingerprint density at radius 1 is 1.19 bits per heavy atom. The molecule has 1 aromatic carbocycles. The van der Waals surface area contributed by atoms with Gasteiger partial charge in [-0.3, -0.25) is 0 Å². The molecule has 0 unspecified atom stereocenters. The molecular formula is C17H22N2O2. The maximum Gasteiger partial charge on any atom is 0.231 e. The summed E-state index contributed by atoms with van der Waals surface area (Å²) in [5, 5.41) is 5.66. The highest BCUT2D eigenvalue weighted by atomic mass is 16.7. The number of aromatic nitrogens is 1. The second-order valence-corrected chi connectivity index (χ2v) is 5.90. The molecule has 1 aliphatic heterocycles. The SMILES string of the molecule is CC(C)CCCCNc1nccc2cc3c(cc12)OCO3. The Labute approximate surface area is 125 Å². The van der Waals surface area contributed by atoms with Gasteiger partial charge in [0.1, 0.15) is 5.82 Å². The van der Waals surface area contributed by atoms with Crippen molar-refractivity contribution >= 4 is 16.6 Å². The number of nitrogens with one attached hydrogen (secondary N) is 1. The summed E-state index contributed by atoms with van der Waals surface area (Å²) in [6.07, 6.45) is 5.53. The first-order valence-corrected chi connectivity index (χ1v) is 7.66. The second-order valence-electron chi connectivity index (χ2n) is 5.90. The lowest BCUT2D eigenvalue weighted by Crippen LogP contribution is -2.04. The first kappa shape index (κ1) is 14.0. The van der Waals surface area contributed by atoms with Crippen molar-refractivity contribution in [2.75, 3.05) is 18.7 Å². The molecule has 3 rings (SSSR count). The molecule has 0 aliphatic carbocycles. The van der Waals surface area contributed by atoms with Gasteiger partial charge in [-0.15, -0.1) is 0 Å². The van der Waals surface area contributed by atoms with Crippen LogP contribution in [0.25, 0.3) is 10.8 Å². The average Bonchev–Trinajstić information content (AvgIpc) is 2.91. The topological polar surface area (TPSA) is 43.4 Å². The summed E-state index contributed by atoms with van der Waals surface area (Å²) in [4.78, 5) is 4.46. The van der Waals surface area contributed by atoms with Gasteiger partial charge in [0.15, 0.2) is 11.5 Å². The summed E-state index contributed by atoms with van der Waals surface area (Å²) in [5.74, 6) is 3.32. The van der Waals surface area contributed by atoms with E-state index in [9.17, 15) is 0 Å². The average molecular weight is 286 g/mol. The second kappa shape index (κ2) is 6.20. The summed E-state index contributed by atoms with van der Waals surface area (Å²) >= 11 is 0. The van der Waals surface area contributed by atoms with Crippen molar-refractivity contribution in [1.82, 2.24) is 4.98 Å². The van der Waals surface area contributed by atoms with Crippen LogP contribution in [0.3, 0.4) is 0 Å². The van der Waals surface area contributed by atoms with E-state index < -0.39 is 0 Å². The summed E-state index contributed by atoms with van der Waals surface area (Å²) < 4.78 is 10.9. The largest absolute Gasteiger partial charge is 0.454 e. The van der Waals surface area contributed by atoms with E-state index in [1.807, 2.05) is 24.4 Å². The number of hydrogen-bond donors (Lipinski definition) is 1. The fourth-order valence-electron chi connectivity index (χ4n) is 2.59. The highest BCUT2D eigenvalue weighted by Crippen LogP contribution is 2.37. The first-order chi connectivity index (χ1) is 10.2. The maximum absolute atomic E-state index is 5.45. The molecule has 2 heterocycles. The summed E-state index contributed by atoms with van der Waals surface area (Å²) in [5.41, 5.74) is 0. The molecule has 0 amide bonds. The van der Waals surface area contributed by atoms with Gasteiger partial charge in [-0.1, -0.05) is 26.7 Å². The van der Waals surface area contributed by atoms with Gasteiger partial charge in [-0.25, -0.2) is 4.98 Å². The van der Waals surface area contributed by atoms with Gasteiger partial charge in [0.05, 0.1) is 0 Å². The van der Waals surface area contributed by atoms with E-state index in [-0.39, 0.29) is 0 Å². The zero-order valence-corrected chi connectivity index (χ0v) is 12.7. The van der Waals surface area contributed by atoms with Crippen molar-refractivity contribution in [3.8, 4) is 11.5 Å². The minimum atomic E-state index is 0.303. The van der Waals surface area contributed by atoms with E-state index in [1.54, 1.807) is 0 Å². The van der Waals surface area contributed by atoms with Gasteiger partial charge in [0.25, 0.3) is 0 Å². The third kappa shape index (κ3) is 3.20. The van der Waals surface area contributed by atoms with Crippen LogP contribution in [0.1, 0.15) is 33.1 Å². The van der Waals surface area contributed by atoms with Crippen molar-refractivity contribution in [3.05, 3.63) is 24.4 Å². The molecule has 0 fully saturated rings. The molecule has 0 spiro atoms. The van der Waals surface area contributed by atoms with Crippen LogP contribution in [0.5, 0.6) is 11.5 Å². The molecule has 2 aromatic rings. The van der Waals surface area contributed by atoms with Crippen LogP contribution in [0.15, 0.2) is 24.4 Å². The lowest BCUT2D eigenvalue weighted by atomic mass is 10.1.